The largest absolute Gasteiger partial charge is 0.493 e. The molecular formula is C20H26N2O5. The molecule has 7 heteroatoms. The highest BCUT2D eigenvalue weighted by Crippen LogP contribution is 2.46. The number of methoxy groups -OCH3 is 3. The molecule has 1 aliphatic carbocycles. The van der Waals surface area contributed by atoms with Crippen molar-refractivity contribution in [3.05, 3.63) is 29.0 Å². The van der Waals surface area contributed by atoms with Gasteiger partial charge in [0, 0.05) is 44.1 Å². The third-order valence-electron chi connectivity index (χ3n) is 5.14. The lowest BCUT2D eigenvalue weighted by Crippen LogP contribution is -2.47. The quantitative estimate of drug-likeness (QED) is 0.789. The number of nitrogens with zero attached hydrogens (tertiary/aromatic N) is 2. The Hall–Kier alpha value is -2.54. The van der Waals surface area contributed by atoms with E-state index in [0.717, 1.165) is 23.3 Å². The Labute approximate surface area is 159 Å². The fourth-order valence-corrected chi connectivity index (χ4v) is 4.03. The highest BCUT2D eigenvalue weighted by atomic mass is 16.5. The second-order valence-corrected chi connectivity index (χ2v) is 6.91. The summed E-state index contributed by atoms with van der Waals surface area (Å²) in [4.78, 5) is 25.7. The van der Waals surface area contributed by atoms with Crippen molar-refractivity contribution in [1.29, 1.82) is 0 Å². The lowest BCUT2D eigenvalue weighted by molar-refractivity contribution is -0.143. The van der Waals surface area contributed by atoms with Crippen LogP contribution in [-0.2, 0) is 9.59 Å². The van der Waals surface area contributed by atoms with Gasteiger partial charge in [0.1, 0.15) is 0 Å². The van der Waals surface area contributed by atoms with E-state index in [9.17, 15) is 9.59 Å². The number of hydrogen-bond acceptors (Lipinski definition) is 6. The second-order valence-electron chi connectivity index (χ2n) is 6.91. The average molecular weight is 374 g/mol. The summed E-state index contributed by atoms with van der Waals surface area (Å²) < 4.78 is 16.3. The fourth-order valence-electron chi connectivity index (χ4n) is 4.03. The van der Waals surface area contributed by atoms with Gasteiger partial charge in [-0.05, 0) is 30.5 Å². The van der Waals surface area contributed by atoms with Crippen molar-refractivity contribution >= 4 is 11.7 Å². The van der Waals surface area contributed by atoms with Crippen molar-refractivity contribution in [2.45, 2.75) is 31.6 Å². The number of allylic oxidation sites excluding steroid dienone is 2. The van der Waals surface area contributed by atoms with Gasteiger partial charge < -0.3 is 14.2 Å². The molecule has 2 aliphatic rings. The summed E-state index contributed by atoms with van der Waals surface area (Å²) in [5.41, 5.74) is 2.36. The molecule has 0 radical (unpaired) electrons. The van der Waals surface area contributed by atoms with Crippen LogP contribution in [0.3, 0.4) is 0 Å². The molecule has 0 unspecified atom stereocenters. The minimum absolute atomic E-state index is 0.0211. The zero-order valence-corrected chi connectivity index (χ0v) is 16.5. The van der Waals surface area contributed by atoms with Gasteiger partial charge >= 0.3 is 0 Å². The third-order valence-corrected chi connectivity index (χ3v) is 5.14. The van der Waals surface area contributed by atoms with Crippen molar-refractivity contribution in [1.82, 2.24) is 10.0 Å². The molecule has 0 saturated heterocycles. The number of Topliss-reactive ketones (excluding diaryl/α,β-unsaturated/α-hetero) is 1. The van der Waals surface area contributed by atoms with Crippen LogP contribution in [0.25, 0.3) is 0 Å². The number of carbonyl (C=O) groups excluding carboxylic acids is 2. The maximum atomic E-state index is 12.9. The Morgan fingerprint density at radius 1 is 1.00 bits per heavy atom. The van der Waals surface area contributed by atoms with Gasteiger partial charge in [-0.1, -0.05) is 0 Å². The Morgan fingerprint density at radius 2 is 1.63 bits per heavy atom. The Bertz CT molecular complexity index is 775. The number of benzene rings is 1. The van der Waals surface area contributed by atoms with E-state index in [4.69, 9.17) is 14.2 Å². The maximum Gasteiger partial charge on any atom is 0.242 e. The molecule has 0 spiro atoms. The molecule has 3 rings (SSSR count). The third kappa shape index (κ3) is 3.27. The molecule has 1 amide bonds. The van der Waals surface area contributed by atoms with Crippen LogP contribution in [0.4, 0.5) is 0 Å². The molecule has 1 aromatic carbocycles. The van der Waals surface area contributed by atoms with E-state index in [0.29, 0.717) is 30.1 Å². The summed E-state index contributed by atoms with van der Waals surface area (Å²) in [7, 11) is 8.29. The SMILES string of the molecule is COc1cc([C@@H]2CC(=O)N(N(C)C)C3=C2C(=O)CCC3)cc(OC)c1OC. The van der Waals surface area contributed by atoms with Gasteiger partial charge in [0.25, 0.3) is 0 Å². The first-order valence-corrected chi connectivity index (χ1v) is 8.99. The molecule has 1 aliphatic heterocycles. The molecule has 0 fully saturated rings. The summed E-state index contributed by atoms with van der Waals surface area (Å²) in [6.45, 7) is 0. The van der Waals surface area contributed by atoms with Gasteiger partial charge in [0.05, 0.1) is 21.3 Å². The normalized spacial score (nSPS) is 20.1. The number of carbonyl (C=O) groups is 2. The van der Waals surface area contributed by atoms with Gasteiger partial charge in [-0.3, -0.25) is 9.59 Å². The van der Waals surface area contributed by atoms with E-state index in [1.54, 1.807) is 31.3 Å². The van der Waals surface area contributed by atoms with Crippen molar-refractivity contribution in [2.75, 3.05) is 35.4 Å². The topological polar surface area (TPSA) is 68.3 Å². The number of hydrogen-bond donors (Lipinski definition) is 0. The van der Waals surface area contributed by atoms with Crippen LogP contribution in [0.5, 0.6) is 17.2 Å². The van der Waals surface area contributed by atoms with E-state index in [1.165, 1.54) is 0 Å². The molecule has 7 nitrogen and oxygen atoms in total. The standard InChI is InChI=1S/C20H26N2O5/c1-21(2)22-14-7-6-8-15(23)19(14)13(11-18(22)24)12-9-16(25-3)20(27-5)17(10-12)26-4/h9-10,13H,6-8,11H2,1-5H3/t13-/m0/s1. The zero-order valence-electron chi connectivity index (χ0n) is 16.5. The fraction of sp³-hybridized carbons (Fsp3) is 0.500. The molecule has 1 aromatic rings. The monoisotopic (exact) mass is 374 g/mol. The molecule has 0 bridgehead atoms. The van der Waals surface area contributed by atoms with Crippen LogP contribution in [-0.4, -0.2) is 57.1 Å². The van der Waals surface area contributed by atoms with E-state index in [-0.39, 0.29) is 24.0 Å². The van der Waals surface area contributed by atoms with Crippen LogP contribution < -0.4 is 14.2 Å². The summed E-state index contributed by atoms with van der Waals surface area (Å²) >= 11 is 0. The van der Waals surface area contributed by atoms with Gasteiger partial charge in [-0.2, -0.15) is 0 Å². The van der Waals surface area contributed by atoms with Crippen LogP contribution in [0.15, 0.2) is 23.4 Å². The maximum absolute atomic E-state index is 12.9. The Kier molecular flexibility index (Phi) is 5.41. The molecule has 27 heavy (non-hydrogen) atoms. The molecular weight excluding hydrogens is 348 g/mol. The highest BCUT2D eigenvalue weighted by molar-refractivity contribution is 6.01. The second kappa shape index (κ2) is 7.60. The van der Waals surface area contributed by atoms with Gasteiger partial charge in [-0.25, -0.2) is 10.0 Å². The molecule has 0 N–H and O–H groups in total. The number of rotatable bonds is 5. The van der Waals surface area contributed by atoms with Crippen molar-refractivity contribution < 1.29 is 23.8 Å². The lowest BCUT2D eigenvalue weighted by atomic mass is 9.77. The van der Waals surface area contributed by atoms with Crippen LogP contribution >= 0.6 is 0 Å². The first-order chi connectivity index (χ1) is 12.9. The van der Waals surface area contributed by atoms with Crippen molar-refractivity contribution in [3.63, 3.8) is 0 Å². The first-order valence-electron chi connectivity index (χ1n) is 8.99. The minimum atomic E-state index is -0.315. The summed E-state index contributed by atoms with van der Waals surface area (Å²) in [6, 6.07) is 3.66. The molecule has 0 aromatic heterocycles. The highest BCUT2D eigenvalue weighted by Gasteiger charge is 2.40. The van der Waals surface area contributed by atoms with Crippen molar-refractivity contribution in [2.24, 2.45) is 0 Å². The van der Waals surface area contributed by atoms with Crippen LogP contribution in [0.1, 0.15) is 37.2 Å². The van der Waals surface area contributed by atoms with Crippen molar-refractivity contribution in [3.8, 4) is 17.2 Å². The van der Waals surface area contributed by atoms with E-state index >= 15 is 0 Å². The van der Waals surface area contributed by atoms with E-state index in [2.05, 4.69) is 0 Å². The van der Waals surface area contributed by atoms with Crippen LogP contribution in [0, 0.1) is 0 Å². The van der Waals surface area contributed by atoms with Crippen LogP contribution in [0.2, 0.25) is 0 Å². The van der Waals surface area contributed by atoms with Gasteiger partial charge in [0.15, 0.2) is 17.3 Å². The summed E-state index contributed by atoms with van der Waals surface area (Å²) in [5, 5.41) is 3.39. The summed E-state index contributed by atoms with van der Waals surface area (Å²) in [6.07, 6.45) is 2.21. The van der Waals surface area contributed by atoms with Gasteiger partial charge in [-0.15, -0.1) is 0 Å². The molecule has 1 heterocycles. The minimum Gasteiger partial charge on any atom is -0.493 e. The predicted molar refractivity (Wildman–Crippen MR) is 99.9 cm³/mol. The molecule has 0 saturated carbocycles. The first kappa shape index (κ1) is 19.2. The van der Waals surface area contributed by atoms with E-state index < -0.39 is 0 Å². The lowest BCUT2D eigenvalue weighted by Gasteiger charge is -2.41. The Balaban J connectivity index is 2.17. The van der Waals surface area contributed by atoms with Gasteiger partial charge in [0.2, 0.25) is 11.7 Å². The number of hydrazine groups is 1. The molecule has 1 atom stereocenters. The average Bonchev–Trinajstić information content (AvgIpc) is 2.65. The number of ketones is 1. The number of amides is 1. The smallest absolute Gasteiger partial charge is 0.242 e. The molecule has 146 valence electrons. The number of ether oxygens (including phenoxy) is 3. The van der Waals surface area contributed by atoms with E-state index in [1.807, 2.05) is 26.2 Å². The predicted octanol–water partition coefficient (Wildman–Crippen LogP) is 2.51. The summed E-state index contributed by atoms with van der Waals surface area (Å²) in [5.74, 6) is 1.29. The zero-order chi connectivity index (χ0) is 19.7. The Morgan fingerprint density at radius 3 is 2.15 bits per heavy atom.